The normalized spacial score (nSPS) is 14.2. The van der Waals surface area contributed by atoms with Gasteiger partial charge >= 0.3 is 0 Å². The second-order valence-electron chi connectivity index (χ2n) is 3.29. The number of nitrogens with two attached hydrogens (primary N) is 2. The fourth-order valence-corrected chi connectivity index (χ4v) is 1.16. The summed E-state index contributed by atoms with van der Waals surface area (Å²) in [4.78, 5) is 8.02. The zero-order chi connectivity index (χ0) is 13.4. The van der Waals surface area contributed by atoms with Crippen LogP contribution in [0.5, 0.6) is 0 Å². The number of hydrogen-bond acceptors (Lipinski definition) is 4. The first-order valence-corrected chi connectivity index (χ1v) is 5.37. The molecular weight excluding hydrogens is 228 g/mol. The van der Waals surface area contributed by atoms with Crippen molar-refractivity contribution in [1.82, 2.24) is 4.98 Å². The number of amidine groups is 2. The van der Waals surface area contributed by atoms with Crippen LogP contribution in [0.2, 0.25) is 0 Å². The predicted molar refractivity (Wildman–Crippen MR) is 74.8 cm³/mol. The van der Waals surface area contributed by atoms with Gasteiger partial charge in [0.05, 0.1) is 0 Å². The molecule has 0 amide bonds. The molecule has 1 aromatic heterocycles. The number of allylic oxidation sites excluding steroid dienone is 1. The van der Waals surface area contributed by atoms with E-state index in [1.165, 1.54) is 0 Å². The summed E-state index contributed by atoms with van der Waals surface area (Å²) in [6.45, 7) is 1.87. The molecule has 4 N–H and O–H groups in total. The van der Waals surface area contributed by atoms with E-state index in [9.17, 15) is 0 Å². The third-order valence-electron chi connectivity index (χ3n) is 2.02. The first-order chi connectivity index (χ1) is 8.69. The molecule has 0 aromatic carbocycles. The minimum atomic E-state index is 0.203. The van der Waals surface area contributed by atoms with Crippen LogP contribution < -0.4 is 11.5 Å². The van der Waals surface area contributed by atoms with Crippen LogP contribution in [0.25, 0.3) is 0 Å². The molecule has 1 rings (SSSR count). The van der Waals surface area contributed by atoms with Gasteiger partial charge in [0.2, 0.25) is 0 Å². The molecular formula is C12H16N6. The Labute approximate surface area is 106 Å². The lowest BCUT2D eigenvalue weighted by molar-refractivity contribution is 1.18. The van der Waals surface area contributed by atoms with Crippen molar-refractivity contribution in [2.45, 2.75) is 6.92 Å². The zero-order valence-electron chi connectivity index (χ0n) is 10.4. The highest BCUT2D eigenvalue weighted by molar-refractivity contribution is 6.45. The van der Waals surface area contributed by atoms with Crippen molar-refractivity contribution in [1.29, 1.82) is 0 Å². The van der Waals surface area contributed by atoms with Crippen LogP contribution >= 0.6 is 0 Å². The van der Waals surface area contributed by atoms with E-state index in [0.29, 0.717) is 11.4 Å². The highest BCUT2D eigenvalue weighted by Gasteiger charge is 2.00. The fraction of sp³-hybridized carbons (Fsp3) is 0.167. The Morgan fingerprint density at radius 2 is 2.06 bits per heavy atom. The lowest BCUT2D eigenvalue weighted by Crippen LogP contribution is -2.22. The molecule has 0 radical (unpaired) electrons. The van der Waals surface area contributed by atoms with Gasteiger partial charge in [0.25, 0.3) is 0 Å². The minimum absolute atomic E-state index is 0.203. The number of pyridine rings is 1. The quantitative estimate of drug-likeness (QED) is 0.463. The average Bonchev–Trinajstić information content (AvgIpc) is 2.42. The number of aliphatic imine (C=N–C) groups is 1. The van der Waals surface area contributed by atoms with Crippen molar-refractivity contribution in [3.8, 4) is 0 Å². The van der Waals surface area contributed by atoms with Crippen molar-refractivity contribution in [3.05, 3.63) is 42.2 Å². The SMILES string of the molecule is C/C=C\C(=NC)/C(N)=N/N=C(\N)c1ccccn1. The summed E-state index contributed by atoms with van der Waals surface area (Å²) in [5.74, 6) is 0.406. The topological polar surface area (TPSA) is 102 Å². The summed E-state index contributed by atoms with van der Waals surface area (Å²) in [6, 6.07) is 5.35. The number of aromatic nitrogens is 1. The van der Waals surface area contributed by atoms with Crippen LogP contribution in [-0.2, 0) is 0 Å². The summed E-state index contributed by atoms with van der Waals surface area (Å²) in [6.07, 6.45) is 5.19. The molecule has 18 heavy (non-hydrogen) atoms. The highest BCUT2D eigenvalue weighted by atomic mass is 15.3. The van der Waals surface area contributed by atoms with Gasteiger partial charge in [-0.05, 0) is 25.1 Å². The summed E-state index contributed by atoms with van der Waals surface area (Å²) in [5, 5.41) is 7.65. The van der Waals surface area contributed by atoms with Crippen molar-refractivity contribution < 1.29 is 0 Å². The Morgan fingerprint density at radius 3 is 2.61 bits per heavy atom. The lowest BCUT2D eigenvalue weighted by Gasteiger charge is -1.98. The number of rotatable bonds is 4. The summed E-state index contributed by atoms with van der Waals surface area (Å²) in [7, 11) is 1.63. The smallest absolute Gasteiger partial charge is 0.172 e. The van der Waals surface area contributed by atoms with Crippen LogP contribution in [0.3, 0.4) is 0 Å². The van der Waals surface area contributed by atoms with Crippen molar-refractivity contribution in [2.24, 2.45) is 26.7 Å². The van der Waals surface area contributed by atoms with Gasteiger partial charge in [-0.3, -0.25) is 9.98 Å². The van der Waals surface area contributed by atoms with Crippen LogP contribution in [0.4, 0.5) is 0 Å². The van der Waals surface area contributed by atoms with Gasteiger partial charge in [-0.15, -0.1) is 10.2 Å². The molecule has 0 saturated heterocycles. The maximum Gasteiger partial charge on any atom is 0.172 e. The van der Waals surface area contributed by atoms with E-state index in [1.54, 1.807) is 31.5 Å². The molecule has 0 fully saturated rings. The Hall–Kier alpha value is -2.50. The van der Waals surface area contributed by atoms with Gasteiger partial charge in [-0.1, -0.05) is 12.1 Å². The average molecular weight is 244 g/mol. The largest absolute Gasteiger partial charge is 0.380 e. The first-order valence-electron chi connectivity index (χ1n) is 5.37. The summed E-state index contributed by atoms with van der Waals surface area (Å²) >= 11 is 0. The standard InChI is InChI=1S/C12H16N6/c1-3-6-9(15-2)11(13)17-18-12(14)10-7-4-5-8-16-10/h3-8H,1-2H3,(H2,13,17)(H2,14,18)/b6-3-,15-9?. The molecule has 94 valence electrons. The maximum absolute atomic E-state index is 5.73. The fourth-order valence-electron chi connectivity index (χ4n) is 1.16. The number of nitrogens with zero attached hydrogens (tertiary/aromatic N) is 4. The van der Waals surface area contributed by atoms with Gasteiger partial charge in [0.15, 0.2) is 11.7 Å². The second-order valence-corrected chi connectivity index (χ2v) is 3.29. The molecule has 0 atom stereocenters. The Morgan fingerprint density at radius 1 is 1.28 bits per heavy atom. The molecule has 0 bridgehead atoms. The van der Waals surface area contributed by atoms with E-state index in [2.05, 4.69) is 20.2 Å². The Kier molecular flexibility index (Phi) is 5.24. The van der Waals surface area contributed by atoms with E-state index in [1.807, 2.05) is 19.1 Å². The van der Waals surface area contributed by atoms with E-state index < -0.39 is 0 Å². The highest BCUT2D eigenvalue weighted by Crippen LogP contribution is 1.93. The summed E-state index contributed by atoms with van der Waals surface area (Å²) in [5.41, 5.74) is 12.6. The lowest BCUT2D eigenvalue weighted by atomic mass is 10.3. The van der Waals surface area contributed by atoms with Crippen molar-refractivity contribution in [2.75, 3.05) is 7.05 Å². The molecule has 0 saturated carbocycles. The van der Waals surface area contributed by atoms with Crippen molar-refractivity contribution in [3.63, 3.8) is 0 Å². The molecule has 0 spiro atoms. The van der Waals surface area contributed by atoms with E-state index >= 15 is 0 Å². The van der Waals surface area contributed by atoms with E-state index in [0.717, 1.165) is 0 Å². The minimum Gasteiger partial charge on any atom is -0.380 e. The van der Waals surface area contributed by atoms with Crippen LogP contribution in [0.15, 0.2) is 51.7 Å². The van der Waals surface area contributed by atoms with Crippen molar-refractivity contribution >= 4 is 17.4 Å². The molecule has 6 nitrogen and oxygen atoms in total. The molecule has 0 aliphatic heterocycles. The molecule has 0 aliphatic carbocycles. The third kappa shape index (κ3) is 3.82. The Bertz CT molecular complexity index is 499. The van der Waals surface area contributed by atoms with Gasteiger partial charge < -0.3 is 11.5 Å². The molecule has 0 aliphatic rings. The number of hydrogen-bond donors (Lipinski definition) is 2. The first kappa shape index (κ1) is 13.6. The van der Waals surface area contributed by atoms with E-state index in [-0.39, 0.29) is 11.7 Å². The second kappa shape index (κ2) is 6.95. The van der Waals surface area contributed by atoms with Gasteiger partial charge in [-0.2, -0.15) is 0 Å². The third-order valence-corrected chi connectivity index (χ3v) is 2.02. The van der Waals surface area contributed by atoms with Crippen LogP contribution in [-0.4, -0.2) is 29.4 Å². The maximum atomic E-state index is 5.73. The predicted octanol–water partition coefficient (Wildman–Crippen LogP) is 0.706. The van der Waals surface area contributed by atoms with Gasteiger partial charge in [-0.25, -0.2) is 0 Å². The van der Waals surface area contributed by atoms with Crippen LogP contribution in [0, 0.1) is 0 Å². The molecule has 0 unspecified atom stereocenters. The van der Waals surface area contributed by atoms with Crippen LogP contribution in [0.1, 0.15) is 12.6 Å². The van der Waals surface area contributed by atoms with Gasteiger partial charge in [0.1, 0.15) is 11.4 Å². The molecule has 1 heterocycles. The summed E-state index contributed by atoms with van der Waals surface area (Å²) < 4.78 is 0. The monoisotopic (exact) mass is 244 g/mol. The molecule has 6 heteroatoms. The van der Waals surface area contributed by atoms with E-state index in [4.69, 9.17) is 11.5 Å². The molecule has 1 aromatic rings. The Balaban J connectivity index is 2.91. The zero-order valence-corrected chi connectivity index (χ0v) is 10.4. The van der Waals surface area contributed by atoms with Gasteiger partial charge in [0, 0.05) is 13.2 Å².